The summed E-state index contributed by atoms with van der Waals surface area (Å²) in [5, 5.41) is 0. The van der Waals surface area contributed by atoms with Gasteiger partial charge in [-0.1, -0.05) is 13.0 Å². The number of benzene rings is 1. The van der Waals surface area contributed by atoms with E-state index in [1.807, 2.05) is 41.0 Å². The first-order valence-corrected chi connectivity index (χ1v) is 7.21. The summed E-state index contributed by atoms with van der Waals surface area (Å²) in [6.07, 6.45) is 0.886. The monoisotopic (exact) mass is 286 g/mol. The van der Waals surface area contributed by atoms with E-state index >= 15 is 0 Å². The molecule has 0 bridgehead atoms. The minimum Gasteiger partial charge on any atom is -0.497 e. The lowest BCUT2D eigenvalue weighted by molar-refractivity contribution is 0.415. The minimum absolute atomic E-state index is 0.000156. The predicted molar refractivity (Wildman–Crippen MR) is 85.6 cm³/mol. The molecule has 0 radical (unpaired) electrons. The van der Waals surface area contributed by atoms with Gasteiger partial charge >= 0.3 is 0 Å². The van der Waals surface area contributed by atoms with E-state index in [1.165, 1.54) is 0 Å². The number of hydrogen-bond acceptors (Lipinski definition) is 3. The maximum atomic E-state index is 12.6. The van der Waals surface area contributed by atoms with Gasteiger partial charge in [-0.2, -0.15) is 0 Å². The SMILES string of the molecule is CCC(C)n1c(-c2ccc(OC)cc2)ccc(CN)c1=O. The zero-order valence-electron chi connectivity index (χ0n) is 12.8. The summed E-state index contributed by atoms with van der Waals surface area (Å²) in [6.45, 7) is 4.39. The van der Waals surface area contributed by atoms with Crippen LogP contribution in [0.25, 0.3) is 11.3 Å². The van der Waals surface area contributed by atoms with Crippen LogP contribution in [-0.2, 0) is 6.54 Å². The fraction of sp³-hybridized carbons (Fsp3) is 0.353. The molecule has 21 heavy (non-hydrogen) atoms. The fourth-order valence-electron chi connectivity index (χ4n) is 2.37. The predicted octanol–water partition coefficient (Wildman–Crippen LogP) is 2.95. The number of ether oxygens (including phenoxy) is 1. The summed E-state index contributed by atoms with van der Waals surface area (Å²) in [5.41, 5.74) is 8.21. The second-order valence-electron chi connectivity index (χ2n) is 5.11. The van der Waals surface area contributed by atoms with Crippen LogP contribution >= 0.6 is 0 Å². The highest BCUT2D eigenvalue weighted by molar-refractivity contribution is 5.61. The van der Waals surface area contributed by atoms with Crippen molar-refractivity contribution in [3.63, 3.8) is 0 Å². The van der Waals surface area contributed by atoms with Crippen molar-refractivity contribution in [2.24, 2.45) is 5.73 Å². The van der Waals surface area contributed by atoms with E-state index < -0.39 is 0 Å². The molecule has 2 N–H and O–H groups in total. The maximum Gasteiger partial charge on any atom is 0.255 e. The highest BCUT2D eigenvalue weighted by Gasteiger charge is 2.14. The summed E-state index contributed by atoms with van der Waals surface area (Å²) in [7, 11) is 1.64. The van der Waals surface area contributed by atoms with Gasteiger partial charge in [0.2, 0.25) is 0 Å². The molecule has 112 valence electrons. The molecule has 0 aliphatic carbocycles. The molecule has 2 rings (SSSR count). The van der Waals surface area contributed by atoms with Gasteiger partial charge < -0.3 is 15.0 Å². The first kappa shape index (κ1) is 15.3. The van der Waals surface area contributed by atoms with Crippen molar-refractivity contribution in [1.82, 2.24) is 4.57 Å². The molecule has 1 aromatic carbocycles. The Kier molecular flexibility index (Phi) is 4.81. The van der Waals surface area contributed by atoms with E-state index in [0.29, 0.717) is 5.56 Å². The van der Waals surface area contributed by atoms with Crippen LogP contribution < -0.4 is 16.0 Å². The van der Waals surface area contributed by atoms with Crippen molar-refractivity contribution in [2.45, 2.75) is 32.9 Å². The van der Waals surface area contributed by atoms with Crippen LogP contribution in [0, 0.1) is 0 Å². The molecule has 0 aliphatic rings. The molecular weight excluding hydrogens is 264 g/mol. The highest BCUT2D eigenvalue weighted by Crippen LogP contribution is 2.24. The van der Waals surface area contributed by atoms with Crippen LogP contribution in [0.2, 0.25) is 0 Å². The van der Waals surface area contributed by atoms with Gasteiger partial charge in [0, 0.05) is 18.2 Å². The molecule has 0 saturated heterocycles. The van der Waals surface area contributed by atoms with Crippen molar-refractivity contribution in [3.8, 4) is 17.0 Å². The van der Waals surface area contributed by atoms with E-state index in [4.69, 9.17) is 10.5 Å². The Labute approximate surface area is 125 Å². The molecule has 1 heterocycles. The van der Waals surface area contributed by atoms with Crippen LogP contribution in [0.5, 0.6) is 5.75 Å². The number of rotatable bonds is 5. The first-order chi connectivity index (χ1) is 10.1. The Bertz CT molecular complexity index is 659. The standard InChI is InChI=1S/C17H22N2O2/c1-4-12(2)19-16(10-7-14(11-18)17(19)20)13-5-8-15(21-3)9-6-13/h5-10,12H,4,11,18H2,1-3H3. The zero-order chi connectivity index (χ0) is 15.4. The molecule has 0 saturated carbocycles. The molecule has 1 unspecified atom stereocenters. The number of nitrogens with zero attached hydrogens (tertiary/aromatic N) is 1. The molecule has 0 amide bonds. The third-order valence-corrected chi connectivity index (χ3v) is 3.83. The highest BCUT2D eigenvalue weighted by atomic mass is 16.5. The summed E-state index contributed by atoms with van der Waals surface area (Å²) in [5.74, 6) is 0.801. The number of hydrogen-bond donors (Lipinski definition) is 1. The molecular formula is C17H22N2O2. The Morgan fingerprint density at radius 2 is 1.86 bits per heavy atom. The lowest BCUT2D eigenvalue weighted by Gasteiger charge is -2.20. The van der Waals surface area contributed by atoms with Gasteiger partial charge in [0.15, 0.2) is 0 Å². The smallest absolute Gasteiger partial charge is 0.255 e. The van der Waals surface area contributed by atoms with Crippen LogP contribution in [-0.4, -0.2) is 11.7 Å². The molecule has 0 aliphatic heterocycles. The van der Waals surface area contributed by atoms with Gasteiger partial charge in [-0.25, -0.2) is 0 Å². The number of nitrogens with two attached hydrogens (primary N) is 1. The molecule has 1 aromatic heterocycles. The van der Waals surface area contributed by atoms with Crippen molar-refractivity contribution in [3.05, 3.63) is 52.3 Å². The molecule has 1 atom stereocenters. The molecule has 4 heteroatoms. The second kappa shape index (κ2) is 6.59. The van der Waals surface area contributed by atoms with Crippen molar-refractivity contribution < 1.29 is 4.74 Å². The minimum atomic E-state index is 0.000156. The topological polar surface area (TPSA) is 57.2 Å². The van der Waals surface area contributed by atoms with E-state index in [-0.39, 0.29) is 18.1 Å². The van der Waals surface area contributed by atoms with Gasteiger partial charge in [-0.15, -0.1) is 0 Å². The molecule has 0 spiro atoms. The van der Waals surface area contributed by atoms with Gasteiger partial charge in [-0.05, 0) is 49.2 Å². The quantitative estimate of drug-likeness (QED) is 0.919. The number of methoxy groups -OCH3 is 1. The molecule has 4 nitrogen and oxygen atoms in total. The summed E-state index contributed by atoms with van der Waals surface area (Å²) >= 11 is 0. The third-order valence-electron chi connectivity index (χ3n) is 3.83. The summed E-state index contributed by atoms with van der Waals surface area (Å²) in [6, 6.07) is 11.7. The normalized spacial score (nSPS) is 12.2. The Balaban J connectivity index is 2.61. The Morgan fingerprint density at radius 1 is 1.19 bits per heavy atom. The zero-order valence-corrected chi connectivity index (χ0v) is 12.8. The van der Waals surface area contributed by atoms with E-state index in [1.54, 1.807) is 7.11 Å². The van der Waals surface area contributed by atoms with Crippen molar-refractivity contribution in [1.29, 1.82) is 0 Å². The fourth-order valence-corrected chi connectivity index (χ4v) is 2.37. The molecule has 2 aromatic rings. The Hall–Kier alpha value is -2.07. The lowest BCUT2D eigenvalue weighted by atomic mass is 10.1. The van der Waals surface area contributed by atoms with Crippen molar-refractivity contribution in [2.75, 3.05) is 7.11 Å². The summed E-state index contributed by atoms with van der Waals surface area (Å²) < 4.78 is 7.02. The third kappa shape index (κ3) is 3.00. The lowest BCUT2D eigenvalue weighted by Crippen LogP contribution is -2.28. The number of aromatic nitrogens is 1. The van der Waals surface area contributed by atoms with Crippen LogP contribution in [0.4, 0.5) is 0 Å². The van der Waals surface area contributed by atoms with Gasteiger partial charge in [0.25, 0.3) is 5.56 Å². The molecule has 0 fully saturated rings. The van der Waals surface area contributed by atoms with Crippen LogP contribution in [0.15, 0.2) is 41.2 Å². The van der Waals surface area contributed by atoms with Crippen molar-refractivity contribution >= 4 is 0 Å². The largest absolute Gasteiger partial charge is 0.497 e. The maximum absolute atomic E-state index is 12.6. The average molecular weight is 286 g/mol. The average Bonchev–Trinajstić information content (AvgIpc) is 2.54. The number of pyridine rings is 1. The van der Waals surface area contributed by atoms with Gasteiger partial charge in [-0.3, -0.25) is 4.79 Å². The van der Waals surface area contributed by atoms with Crippen LogP contribution in [0.3, 0.4) is 0 Å². The first-order valence-electron chi connectivity index (χ1n) is 7.21. The van der Waals surface area contributed by atoms with Gasteiger partial charge in [0.05, 0.1) is 12.8 Å². The van der Waals surface area contributed by atoms with E-state index in [2.05, 4.69) is 13.8 Å². The Morgan fingerprint density at radius 3 is 2.38 bits per heavy atom. The van der Waals surface area contributed by atoms with Crippen LogP contribution in [0.1, 0.15) is 31.9 Å². The van der Waals surface area contributed by atoms with E-state index in [0.717, 1.165) is 23.4 Å². The van der Waals surface area contributed by atoms with E-state index in [9.17, 15) is 4.79 Å². The second-order valence-corrected chi connectivity index (χ2v) is 5.11. The summed E-state index contributed by atoms with van der Waals surface area (Å²) in [4.78, 5) is 12.6. The van der Waals surface area contributed by atoms with Gasteiger partial charge in [0.1, 0.15) is 5.75 Å².